The van der Waals surface area contributed by atoms with Gasteiger partial charge in [-0.1, -0.05) is 32.6 Å². The van der Waals surface area contributed by atoms with Crippen LogP contribution >= 0.6 is 0 Å². The zero-order valence-corrected chi connectivity index (χ0v) is 17.4. The highest BCUT2D eigenvalue weighted by Crippen LogP contribution is 2.23. The summed E-state index contributed by atoms with van der Waals surface area (Å²) in [6.45, 7) is 9.49. The van der Waals surface area contributed by atoms with Crippen LogP contribution < -0.4 is 16.0 Å². The number of nitrogens with one attached hydrogen (secondary N) is 3. The zero-order valence-electron chi connectivity index (χ0n) is 17.4. The number of guanidine groups is 1. The summed E-state index contributed by atoms with van der Waals surface area (Å²) in [5.74, 6) is 1.17. The van der Waals surface area contributed by atoms with Gasteiger partial charge in [-0.25, -0.2) is 0 Å². The van der Waals surface area contributed by atoms with E-state index in [1.165, 1.54) is 19.3 Å². The molecule has 0 radical (unpaired) electrons. The molecule has 1 aliphatic rings. The molecule has 0 aromatic carbocycles. The number of ether oxygens (including phenoxy) is 2. The smallest absolute Gasteiger partial charge is 0.223 e. The summed E-state index contributed by atoms with van der Waals surface area (Å²) in [4.78, 5) is 16.6. The third-order valence-corrected chi connectivity index (χ3v) is 4.56. The first-order chi connectivity index (χ1) is 13.3. The first kappa shape index (κ1) is 23.7. The van der Waals surface area contributed by atoms with E-state index >= 15 is 0 Å². The van der Waals surface area contributed by atoms with E-state index in [-0.39, 0.29) is 11.8 Å². The largest absolute Gasteiger partial charge is 0.379 e. The standard InChI is InChI=1S/C20H40N4O3/c1-3-5-14-26-16-17-27-15-13-24-20(21-4-2)23-12-11-22-19(25)18-9-7-6-8-10-18/h18H,3-17H2,1-2H3,(H,22,25)(H2,21,23,24). The molecule has 1 amide bonds. The van der Waals surface area contributed by atoms with Crippen LogP contribution in [0.2, 0.25) is 0 Å². The average Bonchev–Trinajstić information content (AvgIpc) is 2.70. The molecular formula is C20H40N4O3. The van der Waals surface area contributed by atoms with Gasteiger partial charge in [0.15, 0.2) is 5.96 Å². The van der Waals surface area contributed by atoms with Gasteiger partial charge in [0.2, 0.25) is 5.91 Å². The van der Waals surface area contributed by atoms with E-state index in [2.05, 4.69) is 27.9 Å². The summed E-state index contributed by atoms with van der Waals surface area (Å²) in [6.07, 6.45) is 7.95. The minimum Gasteiger partial charge on any atom is -0.379 e. The van der Waals surface area contributed by atoms with Crippen LogP contribution in [-0.2, 0) is 14.3 Å². The molecule has 0 heterocycles. The summed E-state index contributed by atoms with van der Waals surface area (Å²) in [7, 11) is 0. The second-order valence-corrected chi connectivity index (χ2v) is 6.89. The molecule has 0 bridgehead atoms. The number of carbonyl (C=O) groups excluding carboxylic acids is 1. The Kier molecular flexibility index (Phi) is 14.8. The third kappa shape index (κ3) is 12.6. The minimum atomic E-state index is 0.202. The van der Waals surface area contributed by atoms with Crippen LogP contribution in [0.5, 0.6) is 0 Å². The average molecular weight is 385 g/mol. The lowest BCUT2D eigenvalue weighted by Gasteiger charge is -2.21. The van der Waals surface area contributed by atoms with Crippen LogP contribution in [0.15, 0.2) is 4.99 Å². The van der Waals surface area contributed by atoms with E-state index in [1.54, 1.807) is 0 Å². The molecule has 7 nitrogen and oxygen atoms in total. The van der Waals surface area contributed by atoms with Gasteiger partial charge in [0, 0.05) is 32.2 Å². The number of amides is 1. The summed E-state index contributed by atoms with van der Waals surface area (Å²) in [5.41, 5.74) is 0. The van der Waals surface area contributed by atoms with Crippen molar-refractivity contribution in [1.29, 1.82) is 0 Å². The van der Waals surface area contributed by atoms with Gasteiger partial charge in [0.05, 0.1) is 26.4 Å². The monoisotopic (exact) mass is 384 g/mol. The quantitative estimate of drug-likeness (QED) is 0.243. The number of nitrogens with zero attached hydrogens (tertiary/aromatic N) is 1. The summed E-state index contributed by atoms with van der Waals surface area (Å²) < 4.78 is 11.0. The van der Waals surface area contributed by atoms with Crippen LogP contribution in [0.25, 0.3) is 0 Å². The number of unbranched alkanes of at least 4 members (excludes halogenated alkanes) is 1. The van der Waals surface area contributed by atoms with Crippen molar-refractivity contribution in [3.8, 4) is 0 Å². The van der Waals surface area contributed by atoms with Crippen molar-refractivity contribution >= 4 is 11.9 Å². The predicted octanol–water partition coefficient (Wildman–Crippen LogP) is 2.07. The van der Waals surface area contributed by atoms with Gasteiger partial charge in [-0.15, -0.1) is 0 Å². The van der Waals surface area contributed by atoms with Gasteiger partial charge in [-0.05, 0) is 26.2 Å². The molecule has 0 unspecified atom stereocenters. The Hall–Kier alpha value is -1.34. The molecule has 27 heavy (non-hydrogen) atoms. The molecule has 0 aromatic heterocycles. The van der Waals surface area contributed by atoms with Crippen molar-refractivity contribution in [2.75, 3.05) is 52.6 Å². The van der Waals surface area contributed by atoms with Crippen LogP contribution in [-0.4, -0.2) is 64.5 Å². The van der Waals surface area contributed by atoms with Gasteiger partial charge in [-0.2, -0.15) is 0 Å². The lowest BCUT2D eigenvalue weighted by molar-refractivity contribution is -0.125. The van der Waals surface area contributed by atoms with Crippen LogP contribution in [0.1, 0.15) is 58.8 Å². The van der Waals surface area contributed by atoms with Crippen molar-refractivity contribution in [3.05, 3.63) is 0 Å². The molecule has 3 N–H and O–H groups in total. The highest BCUT2D eigenvalue weighted by atomic mass is 16.5. The SMILES string of the molecule is CCCCOCCOCCN=C(NCC)NCCNC(=O)C1CCCCC1. The summed E-state index contributed by atoms with van der Waals surface area (Å²) in [5, 5.41) is 9.49. The van der Waals surface area contributed by atoms with E-state index in [4.69, 9.17) is 9.47 Å². The molecule has 0 aromatic rings. The topological polar surface area (TPSA) is 84.0 Å². The Labute approximate surface area is 165 Å². The number of rotatable bonds is 14. The maximum atomic E-state index is 12.1. The predicted molar refractivity (Wildman–Crippen MR) is 110 cm³/mol. The van der Waals surface area contributed by atoms with Crippen molar-refractivity contribution in [2.24, 2.45) is 10.9 Å². The molecule has 1 aliphatic carbocycles. The van der Waals surface area contributed by atoms with E-state index in [9.17, 15) is 4.79 Å². The number of carbonyl (C=O) groups is 1. The first-order valence-corrected chi connectivity index (χ1v) is 10.7. The van der Waals surface area contributed by atoms with Gasteiger partial charge in [-0.3, -0.25) is 9.79 Å². The van der Waals surface area contributed by atoms with Crippen molar-refractivity contribution in [3.63, 3.8) is 0 Å². The number of hydrogen-bond donors (Lipinski definition) is 3. The van der Waals surface area contributed by atoms with E-state index < -0.39 is 0 Å². The molecule has 0 saturated heterocycles. The fraction of sp³-hybridized carbons (Fsp3) is 0.900. The molecule has 0 aliphatic heterocycles. The highest BCUT2D eigenvalue weighted by Gasteiger charge is 2.20. The molecule has 1 fully saturated rings. The Morgan fingerprint density at radius 1 is 0.926 bits per heavy atom. The molecule has 0 spiro atoms. The van der Waals surface area contributed by atoms with Gasteiger partial charge < -0.3 is 25.4 Å². The Bertz CT molecular complexity index is 399. The molecule has 1 rings (SSSR count). The van der Waals surface area contributed by atoms with Gasteiger partial charge in [0.25, 0.3) is 0 Å². The van der Waals surface area contributed by atoms with Crippen molar-refractivity contribution in [1.82, 2.24) is 16.0 Å². The maximum Gasteiger partial charge on any atom is 0.223 e. The first-order valence-electron chi connectivity index (χ1n) is 10.7. The van der Waals surface area contributed by atoms with E-state index in [0.29, 0.717) is 39.5 Å². The van der Waals surface area contributed by atoms with E-state index in [1.807, 2.05) is 6.92 Å². The maximum absolute atomic E-state index is 12.1. The molecule has 0 atom stereocenters. The molecule has 1 saturated carbocycles. The van der Waals surface area contributed by atoms with E-state index in [0.717, 1.165) is 44.8 Å². The Morgan fingerprint density at radius 2 is 1.63 bits per heavy atom. The second-order valence-electron chi connectivity index (χ2n) is 6.89. The Balaban J connectivity index is 2.07. The molecule has 7 heteroatoms. The Morgan fingerprint density at radius 3 is 2.33 bits per heavy atom. The van der Waals surface area contributed by atoms with Crippen LogP contribution in [0, 0.1) is 5.92 Å². The summed E-state index contributed by atoms with van der Waals surface area (Å²) in [6, 6.07) is 0. The minimum absolute atomic E-state index is 0.202. The normalized spacial score (nSPS) is 15.6. The van der Waals surface area contributed by atoms with Crippen LogP contribution in [0.3, 0.4) is 0 Å². The fourth-order valence-corrected chi connectivity index (χ4v) is 3.01. The van der Waals surface area contributed by atoms with Gasteiger partial charge in [0.1, 0.15) is 0 Å². The van der Waals surface area contributed by atoms with Crippen molar-refractivity contribution < 1.29 is 14.3 Å². The van der Waals surface area contributed by atoms with Gasteiger partial charge >= 0.3 is 0 Å². The zero-order chi connectivity index (χ0) is 19.6. The van der Waals surface area contributed by atoms with Crippen molar-refractivity contribution in [2.45, 2.75) is 58.8 Å². The lowest BCUT2D eigenvalue weighted by Crippen LogP contribution is -2.42. The lowest BCUT2D eigenvalue weighted by atomic mass is 9.89. The summed E-state index contributed by atoms with van der Waals surface area (Å²) >= 11 is 0. The molecular weight excluding hydrogens is 344 g/mol. The number of aliphatic imine (C=N–C) groups is 1. The third-order valence-electron chi connectivity index (χ3n) is 4.56. The highest BCUT2D eigenvalue weighted by molar-refractivity contribution is 5.80. The van der Waals surface area contributed by atoms with Crippen LogP contribution in [0.4, 0.5) is 0 Å². The second kappa shape index (κ2) is 16.8. The molecule has 158 valence electrons. The fourth-order valence-electron chi connectivity index (χ4n) is 3.01. The number of hydrogen-bond acceptors (Lipinski definition) is 4.